The van der Waals surface area contributed by atoms with Gasteiger partial charge in [-0.2, -0.15) is 0 Å². The van der Waals surface area contributed by atoms with E-state index in [4.69, 9.17) is 5.73 Å². The number of nitrogens with zero attached hydrogens (tertiary/aromatic N) is 2. The first-order valence-corrected chi connectivity index (χ1v) is 6.06. The zero-order valence-electron chi connectivity index (χ0n) is 9.93. The molecule has 0 radical (unpaired) electrons. The first kappa shape index (κ1) is 10.7. The number of aliphatic hydroxyl groups is 1. The summed E-state index contributed by atoms with van der Waals surface area (Å²) >= 11 is 0. The van der Waals surface area contributed by atoms with E-state index in [0.29, 0.717) is 5.92 Å². The van der Waals surface area contributed by atoms with E-state index in [-0.39, 0.29) is 12.6 Å². The van der Waals surface area contributed by atoms with Gasteiger partial charge in [-0.15, -0.1) is 0 Å². The lowest BCUT2D eigenvalue weighted by Gasteiger charge is -2.13. The van der Waals surface area contributed by atoms with E-state index >= 15 is 0 Å². The molecule has 4 nitrogen and oxygen atoms in total. The van der Waals surface area contributed by atoms with E-state index < -0.39 is 0 Å². The van der Waals surface area contributed by atoms with Crippen LogP contribution in [0.5, 0.6) is 0 Å². The molecular weight excluding hydrogens is 214 g/mol. The van der Waals surface area contributed by atoms with Crippen molar-refractivity contribution in [1.82, 2.24) is 9.38 Å². The van der Waals surface area contributed by atoms with Crippen LogP contribution in [0.1, 0.15) is 42.0 Å². The molecule has 1 unspecified atom stereocenters. The minimum atomic E-state index is -0.343. The lowest BCUT2D eigenvalue weighted by Crippen LogP contribution is -2.18. The molecule has 2 aromatic heterocycles. The second-order valence-corrected chi connectivity index (χ2v) is 4.79. The highest BCUT2D eigenvalue weighted by Crippen LogP contribution is 2.40. The Labute approximate surface area is 100 Å². The third-order valence-electron chi connectivity index (χ3n) is 3.42. The molecule has 1 aliphatic rings. The molecule has 0 saturated heterocycles. The van der Waals surface area contributed by atoms with Crippen molar-refractivity contribution in [2.75, 3.05) is 6.61 Å². The van der Waals surface area contributed by atoms with Crippen LogP contribution in [0.25, 0.3) is 5.52 Å². The van der Waals surface area contributed by atoms with Crippen LogP contribution in [0.3, 0.4) is 0 Å². The average Bonchev–Trinajstić information content (AvgIpc) is 3.14. The van der Waals surface area contributed by atoms with Gasteiger partial charge in [0.2, 0.25) is 0 Å². The van der Waals surface area contributed by atoms with Gasteiger partial charge in [0, 0.05) is 11.6 Å². The van der Waals surface area contributed by atoms with Gasteiger partial charge in [0.15, 0.2) is 0 Å². The molecular formula is C13H17N3O. The maximum atomic E-state index is 9.24. The summed E-state index contributed by atoms with van der Waals surface area (Å²) in [4.78, 5) is 4.65. The fourth-order valence-electron chi connectivity index (χ4n) is 2.34. The highest BCUT2D eigenvalue weighted by molar-refractivity contribution is 5.55. The Bertz CT molecular complexity index is 557. The maximum absolute atomic E-state index is 9.24. The third-order valence-corrected chi connectivity index (χ3v) is 3.42. The van der Waals surface area contributed by atoms with Crippen molar-refractivity contribution in [1.29, 1.82) is 0 Å². The van der Waals surface area contributed by atoms with Crippen molar-refractivity contribution in [3.63, 3.8) is 0 Å². The molecule has 0 spiro atoms. The van der Waals surface area contributed by atoms with Crippen molar-refractivity contribution in [2.45, 2.75) is 31.7 Å². The molecule has 1 fully saturated rings. The van der Waals surface area contributed by atoms with Gasteiger partial charge >= 0.3 is 0 Å². The maximum Gasteiger partial charge on any atom is 0.116 e. The Kier molecular flexibility index (Phi) is 2.42. The van der Waals surface area contributed by atoms with Crippen molar-refractivity contribution < 1.29 is 5.11 Å². The molecule has 17 heavy (non-hydrogen) atoms. The van der Waals surface area contributed by atoms with Crippen LogP contribution >= 0.6 is 0 Å². The molecule has 4 heteroatoms. The van der Waals surface area contributed by atoms with E-state index in [1.807, 2.05) is 19.1 Å². The summed E-state index contributed by atoms with van der Waals surface area (Å²) in [6.45, 7) is 1.98. The minimum Gasteiger partial charge on any atom is -0.394 e. The number of fused-ring (bicyclic) bond motifs is 1. The van der Waals surface area contributed by atoms with Gasteiger partial charge in [-0.25, -0.2) is 4.98 Å². The monoisotopic (exact) mass is 231 g/mol. The van der Waals surface area contributed by atoms with Crippen LogP contribution < -0.4 is 5.73 Å². The van der Waals surface area contributed by atoms with Crippen LogP contribution in [0, 0.1) is 6.92 Å². The summed E-state index contributed by atoms with van der Waals surface area (Å²) in [7, 11) is 0. The molecule has 1 atom stereocenters. The van der Waals surface area contributed by atoms with Crippen LogP contribution in [-0.4, -0.2) is 21.1 Å². The van der Waals surface area contributed by atoms with Crippen molar-refractivity contribution >= 4 is 5.52 Å². The largest absolute Gasteiger partial charge is 0.394 e. The number of aliphatic hydroxyl groups excluding tert-OH is 1. The standard InChI is InChI=1S/C13H17N3O/c1-8-11-3-2-4-12(10(14)7-17)16(11)13(15-8)9-5-6-9/h2-4,9-10,17H,5-7,14H2,1H3. The number of hydrogen-bond donors (Lipinski definition) is 2. The molecule has 1 aliphatic carbocycles. The van der Waals surface area contributed by atoms with Crippen molar-refractivity contribution in [2.24, 2.45) is 5.73 Å². The predicted octanol–water partition coefficient (Wildman–Crippen LogP) is 1.51. The zero-order chi connectivity index (χ0) is 12.0. The Hall–Kier alpha value is -1.39. The van der Waals surface area contributed by atoms with Crippen LogP contribution in [0.2, 0.25) is 0 Å². The fraction of sp³-hybridized carbons (Fsp3) is 0.462. The van der Waals surface area contributed by atoms with E-state index in [0.717, 1.165) is 22.7 Å². The Morgan fingerprint density at radius 3 is 2.94 bits per heavy atom. The van der Waals surface area contributed by atoms with E-state index in [2.05, 4.69) is 15.5 Å². The Balaban J connectivity index is 2.27. The number of hydrogen-bond acceptors (Lipinski definition) is 3. The summed E-state index contributed by atoms with van der Waals surface area (Å²) in [5.41, 5.74) is 9.06. The topological polar surface area (TPSA) is 63.5 Å². The highest BCUT2D eigenvalue weighted by Gasteiger charge is 2.29. The van der Waals surface area contributed by atoms with E-state index in [9.17, 15) is 5.11 Å². The van der Waals surface area contributed by atoms with Gasteiger partial charge in [0.1, 0.15) is 5.82 Å². The quantitative estimate of drug-likeness (QED) is 0.841. The summed E-state index contributed by atoms with van der Waals surface area (Å²) in [5.74, 6) is 1.68. The fourth-order valence-corrected chi connectivity index (χ4v) is 2.34. The second kappa shape index (κ2) is 3.82. The SMILES string of the molecule is Cc1nc(C2CC2)n2c(C(N)CO)cccc12. The Morgan fingerprint density at radius 2 is 2.29 bits per heavy atom. The third kappa shape index (κ3) is 1.64. The zero-order valence-corrected chi connectivity index (χ0v) is 9.93. The summed E-state index contributed by atoms with van der Waals surface area (Å²) < 4.78 is 2.13. The molecule has 2 heterocycles. The summed E-state index contributed by atoms with van der Waals surface area (Å²) in [6.07, 6.45) is 2.42. The molecule has 0 aromatic carbocycles. The first-order chi connectivity index (χ1) is 8.22. The summed E-state index contributed by atoms with van der Waals surface area (Å²) in [6, 6.07) is 5.67. The number of nitrogens with two attached hydrogens (primary N) is 1. The number of imidazole rings is 1. The van der Waals surface area contributed by atoms with E-state index in [1.54, 1.807) is 0 Å². The minimum absolute atomic E-state index is 0.0412. The lowest BCUT2D eigenvalue weighted by atomic mass is 10.2. The normalized spacial score (nSPS) is 17.6. The second-order valence-electron chi connectivity index (χ2n) is 4.79. The number of aromatic nitrogens is 2. The molecule has 90 valence electrons. The van der Waals surface area contributed by atoms with Crippen LogP contribution in [0.15, 0.2) is 18.2 Å². The molecule has 3 N–H and O–H groups in total. The first-order valence-electron chi connectivity index (χ1n) is 6.06. The van der Waals surface area contributed by atoms with Gasteiger partial charge in [-0.3, -0.25) is 4.40 Å². The highest BCUT2D eigenvalue weighted by atomic mass is 16.3. The van der Waals surface area contributed by atoms with Gasteiger partial charge in [0.25, 0.3) is 0 Å². The van der Waals surface area contributed by atoms with Crippen molar-refractivity contribution in [3.8, 4) is 0 Å². The smallest absolute Gasteiger partial charge is 0.116 e. The average molecular weight is 231 g/mol. The van der Waals surface area contributed by atoms with Gasteiger partial charge in [-0.1, -0.05) is 6.07 Å². The summed E-state index contributed by atoms with van der Waals surface area (Å²) in [5, 5.41) is 9.24. The van der Waals surface area contributed by atoms with Crippen LogP contribution in [-0.2, 0) is 0 Å². The molecule has 0 bridgehead atoms. The van der Waals surface area contributed by atoms with Gasteiger partial charge in [0.05, 0.1) is 23.9 Å². The number of pyridine rings is 1. The van der Waals surface area contributed by atoms with Crippen molar-refractivity contribution in [3.05, 3.63) is 35.4 Å². The van der Waals surface area contributed by atoms with Gasteiger partial charge < -0.3 is 10.8 Å². The van der Waals surface area contributed by atoms with Crippen LogP contribution in [0.4, 0.5) is 0 Å². The van der Waals surface area contributed by atoms with Gasteiger partial charge in [-0.05, 0) is 31.9 Å². The molecule has 2 aromatic rings. The molecule has 1 saturated carbocycles. The number of aryl methyl sites for hydroxylation is 1. The molecule has 0 amide bonds. The lowest BCUT2D eigenvalue weighted by molar-refractivity contribution is 0.265. The Morgan fingerprint density at radius 1 is 1.53 bits per heavy atom. The van der Waals surface area contributed by atoms with E-state index in [1.165, 1.54) is 12.8 Å². The molecule has 0 aliphatic heterocycles. The number of rotatable bonds is 3. The molecule has 3 rings (SSSR count). The predicted molar refractivity (Wildman–Crippen MR) is 65.9 cm³/mol.